The van der Waals surface area contributed by atoms with Crippen LogP contribution in [0.25, 0.3) is 0 Å². The number of nitrogens with two attached hydrogens (primary N) is 1. The fraction of sp³-hybridized carbons (Fsp3) is 0.227. The summed E-state index contributed by atoms with van der Waals surface area (Å²) in [5.41, 5.74) is 6.02. The summed E-state index contributed by atoms with van der Waals surface area (Å²) in [6, 6.07) is 15.7. The highest BCUT2D eigenvalue weighted by Crippen LogP contribution is 2.28. The molecule has 1 aromatic heterocycles. The van der Waals surface area contributed by atoms with Crippen molar-refractivity contribution in [2.45, 2.75) is 25.2 Å². The van der Waals surface area contributed by atoms with Gasteiger partial charge in [0.2, 0.25) is 5.78 Å². The van der Waals surface area contributed by atoms with Crippen LogP contribution in [0.15, 0.2) is 60.0 Å². The minimum Gasteiger partial charge on any atom is -0.465 e. The number of nitrogens with one attached hydrogen (secondary N) is 1. The van der Waals surface area contributed by atoms with E-state index in [-0.39, 0.29) is 36.2 Å². The van der Waals surface area contributed by atoms with Crippen molar-refractivity contribution >= 4 is 35.6 Å². The van der Waals surface area contributed by atoms with Crippen molar-refractivity contribution in [1.82, 2.24) is 10.3 Å². The number of hydrogen-bond acceptors (Lipinski definition) is 6. The molecule has 3 aromatic rings. The van der Waals surface area contributed by atoms with E-state index in [4.69, 9.17) is 14.6 Å². The number of nitrogens with zero attached hydrogens (tertiary/aromatic N) is 1. The molecule has 1 aliphatic heterocycles. The lowest BCUT2D eigenvalue weighted by molar-refractivity contribution is 0.0525. The van der Waals surface area contributed by atoms with Gasteiger partial charge in [-0.05, 0) is 36.2 Å². The second-order valence-corrected chi connectivity index (χ2v) is 7.75. The van der Waals surface area contributed by atoms with Gasteiger partial charge < -0.3 is 20.9 Å². The molecule has 32 heavy (non-hydrogen) atoms. The Morgan fingerprint density at radius 3 is 2.50 bits per heavy atom. The van der Waals surface area contributed by atoms with E-state index in [0.29, 0.717) is 17.9 Å². The molecule has 1 aliphatic rings. The third kappa shape index (κ3) is 7.38. The Morgan fingerprint density at radius 2 is 1.84 bits per heavy atom. The van der Waals surface area contributed by atoms with Crippen LogP contribution >= 0.6 is 23.7 Å². The van der Waals surface area contributed by atoms with Gasteiger partial charge in [0.1, 0.15) is 16.5 Å². The van der Waals surface area contributed by atoms with Crippen molar-refractivity contribution in [3.8, 4) is 0 Å². The maximum absolute atomic E-state index is 13.0. The Bertz CT molecular complexity index is 1010. The molecule has 1 saturated heterocycles. The first kappa shape index (κ1) is 25.4. The molecule has 0 spiro atoms. The molecule has 0 saturated carbocycles. The molecule has 1 amide bonds. The number of halogens is 2. The molecule has 0 aliphatic carbocycles. The Labute approximate surface area is 194 Å². The number of thiazole rings is 1. The molecule has 2 heterocycles. The largest absolute Gasteiger partial charge is 0.465 e. The highest BCUT2D eigenvalue weighted by atomic mass is 35.5. The predicted molar refractivity (Wildman–Crippen MR) is 122 cm³/mol. The van der Waals surface area contributed by atoms with Crippen LogP contribution < -0.4 is 11.1 Å². The normalized spacial score (nSPS) is 17.0. The summed E-state index contributed by atoms with van der Waals surface area (Å²) in [6.45, 7) is 1.35. The van der Waals surface area contributed by atoms with Crippen molar-refractivity contribution in [3.63, 3.8) is 0 Å². The van der Waals surface area contributed by atoms with Gasteiger partial charge in [-0.3, -0.25) is 4.79 Å². The molecule has 0 bridgehead atoms. The van der Waals surface area contributed by atoms with Gasteiger partial charge >= 0.3 is 6.09 Å². The van der Waals surface area contributed by atoms with Gasteiger partial charge in [0.05, 0.1) is 18.8 Å². The van der Waals surface area contributed by atoms with Crippen LogP contribution in [0.3, 0.4) is 0 Å². The van der Waals surface area contributed by atoms with Crippen molar-refractivity contribution in [1.29, 1.82) is 0 Å². The average Bonchev–Trinajstić information content (AvgIpc) is 3.42. The zero-order valence-corrected chi connectivity index (χ0v) is 18.6. The zero-order valence-electron chi connectivity index (χ0n) is 16.9. The molecule has 0 unspecified atom stereocenters. The molecule has 4 N–H and O–H groups in total. The van der Waals surface area contributed by atoms with Gasteiger partial charge in [-0.1, -0.05) is 30.3 Å². The predicted octanol–water partition coefficient (Wildman–Crippen LogP) is 4.18. The number of hydrogen-bond donors (Lipinski definition) is 3. The van der Waals surface area contributed by atoms with E-state index in [1.165, 1.54) is 35.6 Å². The summed E-state index contributed by atoms with van der Waals surface area (Å²) < 4.78 is 19.0. The Balaban J connectivity index is 0.000000672. The molecule has 0 radical (unpaired) electrons. The van der Waals surface area contributed by atoms with E-state index in [0.717, 1.165) is 23.5 Å². The van der Waals surface area contributed by atoms with Crippen molar-refractivity contribution in [2.75, 3.05) is 6.54 Å². The summed E-state index contributed by atoms with van der Waals surface area (Å²) in [5.74, 6) is -0.547. The molecule has 1 fully saturated rings. The zero-order chi connectivity index (χ0) is 22.2. The number of amides is 1. The maximum Gasteiger partial charge on any atom is 0.402 e. The number of aromatic nitrogens is 1. The van der Waals surface area contributed by atoms with Crippen molar-refractivity contribution in [3.05, 3.63) is 87.6 Å². The smallest absolute Gasteiger partial charge is 0.402 e. The fourth-order valence-electron chi connectivity index (χ4n) is 3.11. The van der Waals surface area contributed by atoms with Gasteiger partial charge in [-0.25, -0.2) is 14.2 Å². The molecular formula is C22H23ClFN3O4S. The first-order chi connectivity index (χ1) is 14.9. The number of primary amides is 1. The third-order valence-electron chi connectivity index (χ3n) is 4.58. The van der Waals surface area contributed by atoms with Crippen LogP contribution in [-0.2, 0) is 11.3 Å². The fourth-order valence-corrected chi connectivity index (χ4v) is 3.99. The number of benzene rings is 2. The highest BCUT2D eigenvalue weighted by molar-refractivity contribution is 7.10. The van der Waals surface area contributed by atoms with E-state index in [1.807, 2.05) is 30.3 Å². The van der Waals surface area contributed by atoms with Gasteiger partial charge in [-0.2, -0.15) is 0 Å². The summed E-state index contributed by atoms with van der Waals surface area (Å²) in [7, 11) is 0. The Hall–Kier alpha value is -2.85. The second kappa shape index (κ2) is 12.3. The highest BCUT2D eigenvalue weighted by Gasteiger charge is 2.28. The van der Waals surface area contributed by atoms with Crippen molar-refractivity contribution in [2.24, 2.45) is 5.73 Å². The first-order valence-electron chi connectivity index (χ1n) is 9.55. The average molecular weight is 480 g/mol. The number of carbonyl (C=O) groups is 2. The monoisotopic (exact) mass is 479 g/mol. The van der Waals surface area contributed by atoms with Crippen LogP contribution in [0.5, 0.6) is 0 Å². The second-order valence-electron chi connectivity index (χ2n) is 6.86. The van der Waals surface area contributed by atoms with E-state index in [2.05, 4.69) is 16.0 Å². The van der Waals surface area contributed by atoms with E-state index < -0.39 is 6.09 Å². The standard InChI is InChI=1S/C21H19FN2O2S.CH3NO2.ClH/c22-16-8-6-15(7-9-16)20(25)19-13-27-21(24-19)18-10-17(11-23-18)26-12-14-4-2-1-3-5-14;2-1(3)4;/h1-9,13,17-18,23H,10-12H2;2H2,(H,3,4);1H/t17-,18-;;/m0../s1. The van der Waals surface area contributed by atoms with Crippen molar-refractivity contribution < 1.29 is 23.8 Å². The van der Waals surface area contributed by atoms with Crippen LogP contribution in [0.1, 0.15) is 39.1 Å². The SMILES string of the molecule is Cl.NC(=O)O.O=C(c1ccc(F)cc1)c1csc([C@@H]2C[C@H](OCc3ccccc3)CN2)n1. The summed E-state index contributed by atoms with van der Waals surface area (Å²) in [4.78, 5) is 25.8. The third-order valence-corrected chi connectivity index (χ3v) is 5.54. The number of carbonyl (C=O) groups excluding carboxylic acids is 1. The van der Waals surface area contributed by atoms with Gasteiger partial charge in [-0.15, -0.1) is 23.7 Å². The maximum atomic E-state index is 13.0. The van der Waals surface area contributed by atoms with Crippen LogP contribution in [-0.4, -0.2) is 34.6 Å². The number of carboxylic acid groups (broad SMARTS) is 1. The lowest BCUT2D eigenvalue weighted by atomic mass is 10.1. The molecular weight excluding hydrogens is 457 g/mol. The van der Waals surface area contributed by atoms with Gasteiger partial charge in [0.25, 0.3) is 0 Å². The number of ketones is 1. The minimum atomic E-state index is -1.33. The van der Waals surface area contributed by atoms with E-state index >= 15 is 0 Å². The number of ether oxygens (including phenoxy) is 1. The molecule has 2 atom stereocenters. The Morgan fingerprint density at radius 1 is 1.19 bits per heavy atom. The molecule has 10 heteroatoms. The summed E-state index contributed by atoms with van der Waals surface area (Å²) in [5, 5.41) is 13.3. The van der Waals surface area contributed by atoms with Crippen LogP contribution in [0.4, 0.5) is 9.18 Å². The summed E-state index contributed by atoms with van der Waals surface area (Å²) in [6.07, 6.45) is -0.389. The molecule has 2 aromatic carbocycles. The van der Waals surface area contributed by atoms with Gasteiger partial charge in [0, 0.05) is 17.5 Å². The Kier molecular flexibility index (Phi) is 9.73. The lowest BCUT2D eigenvalue weighted by Crippen LogP contribution is -2.17. The summed E-state index contributed by atoms with van der Waals surface area (Å²) >= 11 is 1.47. The molecule has 4 rings (SSSR count). The van der Waals surface area contributed by atoms with Gasteiger partial charge in [0.15, 0.2) is 0 Å². The lowest BCUT2D eigenvalue weighted by Gasteiger charge is -2.10. The van der Waals surface area contributed by atoms with E-state index in [1.54, 1.807) is 5.38 Å². The molecule has 170 valence electrons. The quantitative estimate of drug-likeness (QED) is 0.457. The minimum absolute atomic E-state index is 0. The molecule has 7 nitrogen and oxygen atoms in total. The topological polar surface area (TPSA) is 115 Å². The first-order valence-corrected chi connectivity index (χ1v) is 10.4. The van der Waals surface area contributed by atoms with Crippen LogP contribution in [0, 0.1) is 5.82 Å². The van der Waals surface area contributed by atoms with Crippen LogP contribution in [0.2, 0.25) is 0 Å². The van der Waals surface area contributed by atoms with E-state index in [9.17, 15) is 9.18 Å². The number of rotatable bonds is 6.